The van der Waals surface area contributed by atoms with Gasteiger partial charge in [0.1, 0.15) is 5.01 Å². The third-order valence-electron chi connectivity index (χ3n) is 4.48. The Kier molecular flexibility index (Phi) is 4.09. The molecule has 0 amide bonds. The average Bonchev–Trinajstić information content (AvgIpc) is 2.90. The minimum absolute atomic E-state index is 0.281. The van der Waals surface area contributed by atoms with Crippen LogP contribution in [0.4, 0.5) is 0 Å². The highest BCUT2D eigenvalue weighted by Crippen LogP contribution is 2.26. The van der Waals surface area contributed by atoms with Crippen LogP contribution < -0.4 is 0 Å². The van der Waals surface area contributed by atoms with Crippen LogP contribution in [0.25, 0.3) is 10.2 Å². The molecule has 0 unspecified atom stereocenters. The predicted octanol–water partition coefficient (Wildman–Crippen LogP) is 3.67. The number of fused-ring (bicyclic) bond motifs is 1. The third-order valence-corrected chi connectivity index (χ3v) is 5.52. The zero-order valence-corrected chi connectivity index (χ0v) is 13.6. The second-order valence-corrected chi connectivity index (χ2v) is 7.40. The van der Waals surface area contributed by atoms with E-state index in [2.05, 4.69) is 29.8 Å². The summed E-state index contributed by atoms with van der Waals surface area (Å²) in [6.07, 6.45) is 4.15. The van der Waals surface area contributed by atoms with Gasteiger partial charge in [-0.15, -0.1) is 11.3 Å². The monoisotopic (exact) mass is 302 g/mol. The number of para-hydroxylation sites is 1. The molecule has 2 aromatic rings. The topological polar surface area (TPSA) is 33.2 Å². The second kappa shape index (κ2) is 5.85. The number of hydrogen-bond acceptors (Lipinski definition) is 4. The van der Waals surface area contributed by atoms with Crippen LogP contribution in [0.5, 0.6) is 0 Å². The van der Waals surface area contributed by atoms with Gasteiger partial charge < -0.3 is 0 Å². The van der Waals surface area contributed by atoms with Crippen molar-refractivity contribution in [3.63, 3.8) is 0 Å². The number of piperidine rings is 1. The number of carbonyl (C=O) groups excluding carboxylic acids is 1. The lowest BCUT2D eigenvalue weighted by molar-refractivity contribution is -0.129. The largest absolute Gasteiger partial charge is 0.297 e. The molecule has 3 nitrogen and oxygen atoms in total. The van der Waals surface area contributed by atoms with Gasteiger partial charge in [0.15, 0.2) is 5.78 Å². The molecule has 0 aliphatic carbocycles. The average molecular weight is 302 g/mol. The lowest BCUT2D eigenvalue weighted by Crippen LogP contribution is -2.52. The van der Waals surface area contributed by atoms with Gasteiger partial charge in [-0.25, -0.2) is 4.98 Å². The van der Waals surface area contributed by atoms with E-state index in [1.54, 1.807) is 11.3 Å². The molecular weight excluding hydrogens is 280 g/mol. The van der Waals surface area contributed by atoms with Crippen LogP contribution in [0.2, 0.25) is 0 Å². The number of nitrogens with zero attached hydrogens (tertiary/aromatic N) is 2. The number of rotatable bonds is 4. The molecule has 1 aliphatic rings. The number of aromatic nitrogens is 1. The summed E-state index contributed by atoms with van der Waals surface area (Å²) >= 11 is 1.64. The van der Waals surface area contributed by atoms with E-state index in [1.165, 1.54) is 19.3 Å². The zero-order chi connectivity index (χ0) is 14.9. The number of hydrogen-bond donors (Lipinski definition) is 0. The smallest absolute Gasteiger partial charge is 0.159 e. The van der Waals surface area contributed by atoms with Crippen molar-refractivity contribution in [2.24, 2.45) is 0 Å². The Morgan fingerprint density at radius 3 is 2.67 bits per heavy atom. The summed E-state index contributed by atoms with van der Waals surface area (Å²) in [4.78, 5) is 19.7. The molecule has 2 heterocycles. The molecule has 0 spiro atoms. The highest BCUT2D eigenvalue weighted by Gasteiger charge is 2.35. The summed E-state index contributed by atoms with van der Waals surface area (Å²) in [5.41, 5.74) is 0.624. The van der Waals surface area contributed by atoms with Gasteiger partial charge in [0.25, 0.3) is 0 Å². The van der Waals surface area contributed by atoms with Crippen LogP contribution in [0, 0.1) is 0 Å². The van der Waals surface area contributed by atoms with E-state index >= 15 is 0 Å². The second-order valence-electron chi connectivity index (χ2n) is 6.28. The number of thiazole rings is 1. The molecule has 1 aromatic carbocycles. The summed E-state index contributed by atoms with van der Waals surface area (Å²) in [5, 5.41) is 0.936. The van der Waals surface area contributed by atoms with E-state index in [4.69, 9.17) is 0 Å². The maximum atomic E-state index is 12.7. The van der Waals surface area contributed by atoms with Crippen molar-refractivity contribution in [3.8, 4) is 0 Å². The van der Waals surface area contributed by atoms with Crippen LogP contribution in [-0.4, -0.2) is 34.3 Å². The van der Waals surface area contributed by atoms with Crippen molar-refractivity contribution >= 4 is 27.3 Å². The molecular formula is C17H22N2OS. The summed E-state index contributed by atoms with van der Waals surface area (Å²) in [5.74, 6) is 0.281. The molecule has 4 heteroatoms. The van der Waals surface area contributed by atoms with Crippen molar-refractivity contribution < 1.29 is 4.79 Å². The number of Topliss-reactive ketones (excluding diaryl/α,β-unsaturated/α-hetero) is 1. The van der Waals surface area contributed by atoms with E-state index in [0.717, 1.165) is 28.3 Å². The Balaban J connectivity index is 1.75. The van der Waals surface area contributed by atoms with Crippen molar-refractivity contribution in [1.82, 2.24) is 9.88 Å². The minimum Gasteiger partial charge on any atom is -0.297 e. The first kappa shape index (κ1) is 14.7. The molecule has 0 saturated carbocycles. The van der Waals surface area contributed by atoms with E-state index < -0.39 is 0 Å². The Labute approximate surface area is 130 Å². The van der Waals surface area contributed by atoms with Gasteiger partial charge in [0, 0.05) is 0 Å². The molecule has 1 saturated heterocycles. The molecule has 1 aliphatic heterocycles. The molecule has 0 bridgehead atoms. The van der Waals surface area contributed by atoms with Gasteiger partial charge in [0.05, 0.1) is 22.2 Å². The fraction of sp³-hybridized carbons (Fsp3) is 0.529. The lowest BCUT2D eigenvalue weighted by Gasteiger charge is -2.39. The fourth-order valence-corrected chi connectivity index (χ4v) is 3.94. The highest BCUT2D eigenvalue weighted by atomic mass is 32.1. The van der Waals surface area contributed by atoms with Crippen LogP contribution in [0.1, 0.15) is 38.1 Å². The number of likely N-dealkylation sites (tertiary alicyclic amines) is 1. The molecule has 0 radical (unpaired) electrons. The Morgan fingerprint density at radius 1 is 1.24 bits per heavy atom. The number of carbonyl (C=O) groups is 1. The normalized spacial score (nSPS) is 17.2. The Bertz CT molecular complexity index is 608. The van der Waals surface area contributed by atoms with Gasteiger partial charge in [-0.3, -0.25) is 9.69 Å². The zero-order valence-electron chi connectivity index (χ0n) is 12.8. The number of benzene rings is 1. The maximum Gasteiger partial charge on any atom is 0.159 e. The Morgan fingerprint density at radius 2 is 1.95 bits per heavy atom. The SMILES string of the molecule is CC(C)(C(=O)Cc1nc2ccccc2s1)N1CCCCC1. The van der Waals surface area contributed by atoms with Crippen molar-refractivity contribution in [2.75, 3.05) is 13.1 Å². The molecule has 0 N–H and O–H groups in total. The predicted molar refractivity (Wildman–Crippen MR) is 87.8 cm³/mol. The quantitative estimate of drug-likeness (QED) is 0.864. The summed E-state index contributed by atoms with van der Waals surface area (Å²) in [6, 6.07) is 8.08. The van der Waals surface area contributed by atoms with E-state index in [-0.39, 0.29) is 11.3 Å². The van der Waals surface area contributed by atoms with Crippen molar-refractivity contribution in [1.29, 1.82) is 0 Å². The fourth-order valence-electron chi connectivity index (χ4n) is 2.98. The highest BCUT2D eigenvalue weighted by molar-refractivity contribution is 7.18. The van der Waals surface area contributed by atoms with Gasteiger partial charge in [-0.2, -0.15) is 0 Å². The maximum absolute atomic E-state index is 12.7. The van der Waals surface area contributed by atoms with Gasteiger partial charge in [-0.05, 0) is 51.9 Å². The van der Waals surface area contributed by atoms with Crippen LogP contribution >= 0.6 is 11.3 Å². The molecule has 1 fully saturated rings. The molecule has 1 aromatic heterocycles. The molecule has 21 heavy (non-hydrogen) atoms. The molecule has 112 valence electrons. The van der Waals surface area contributed by atoms with Gasteiger partial charge >= 0.3 is 0 Å². The molecule has 0 atom stereocenters. The first-order chi connectivity index (χ1) is 10.1. The van der Waals surface area contributed by atoms with Gasteiger partial charge in [-0.1, -0.05) is 18.6 Å². The van der Waals surface area contributed by atoms with E-state index in [0.29, 0.717) is 6.42 Å². The standard InChI is InChI=1S/C17H22N2OS/c1-17(2,19-10-6-3-7-11-19)15(20)12-16-18-13-8-4-5-9-14(13)21-16/h4-5,8-9H,3,6-7,10-12H2,1-2H3. The van der Waals surface area contributed by atoms with E-state index in [9.17, 15) is 4.79 Å². The summed E-state index contributed by atoms with van der Waals surface area (Å²) in [7, 11) is 0. The minimum atomic E-state index is -0.377. The van der Waals surface area contributed by atoms with E-state index in [1.807, 2.05) is 18.2 Å². The van der Waals surface area contributed by atoms with Crippen molar-refractivity contribution in [3.05, 3.63) is 29.3 Å². The lowest BCUT2D eigenvalue weighted by atomic mass is 9.92. The Hall–Kier alpha value is -1.26. The van der Waals surface area contributed by atoms with Gasteiger partial charge in [0.2, 0.25) is 0 Å². The molecule has 3 rings (SSSR count). The first-order valence-corrected chi connectivity index (χ1v) is 8.52. The summed E-state index contributed by atoms with van der Waals surface area (Å²) in [6.45, 7) is 6.21. The summed E-state index contributed by atoms with van der Waals surface area (Å²) < 4.78 is 1.16. The van der Waals surface area contributed by atoms with Crippen molar-refractivity contribution in [2.45, 2.75) is 45.1 Å². The number of ketones is 1. The third kappa shape index (κ3) is 3.01. The first-order valence-electron chi connectivity index (χ1n) is 7.70. The van der Waals surface area contributed by atoms with Crippen LogP contribution in [0.15, 0.2) is 24.3 Å². The van der Waals surface area contributed by atoms with Crippen LogP contribution in [-0.2, 0) is 11.2 Å². The van der Waals surface area contributed by atoms with Crippen LogP contribution in [0.3, 0.4) is 0 Å².